The number of hydrogen-bond acceptors (Lipinski definition) is 2. The van der Waals surface area contributed by atoms with E-state index in [-0.39, 0.29) is 5.91 Å². The van der Waals surface area contributed by atoms with Crippen molar-refractivity contribution in [2.75, 3.05) is 21.1 Å². The molecule has 1 aromatic rings. The summed E-state index contributed by atoms with van der Waals surface area (Å²) in [5.74, 6) is 0.413. The number of aliphatic imine (C=N–C) groups is 1. The van der Waals surface area contributed by atoms with Crippen molar-refractivity contribution in [1.29, 1.82) is 0 Å². The van der Waals surface area contributed by atoms with Crippen molar-refractivity contribution in [3.05, 3.63) is 34.9 Å². The summed E-state index contributed by atoms with van der Waals surface area (Å²) in [6.45, 7) is 4.02. The van der Waals surface area contributed by atoms with E-state index in [4.69, 9.17) is 0 Å². The zero-order valence-corrected chi connectivity index (χ0v) is 11.0. The summed E-state index contributed by atoms with van der Waals surface area (Å²) in [5.41, 5.74) is 2.94. The van der Waals surface area contributed by atoms with Crippen molar-refractivity contribution < 1.29 is 4.79 Å². The van der Waals surface area contributed by atoms with Gasteiger partial charge in [-0.05, 0) is 37.1 Å². The van der Waals surface area contributed by atoms with Gasteiger partial charge in [-0.1, -0.05) is 6.07 Å². The highest BCUT2D eigenvalue weighted by Crippen LogP contribution is 2.09. The molecule has 0 fully saturated rings. The minimum atomic E-state index is -0.137. The zero-order chi connectivity index (χ0) is 13.0. The van der Waals surface area contributed by atoms with Crippen molar-refractivity contribution >= 4 is 11.9 Å². The number of hydrogen-bond donors (Lipinski definition) is 1. The highest BCUT2D eigenvalue weighted by molar-refractivity contribution is 6.05. The van der Waals surface area contributed by atoms with E-state index in [2.05, 4.69) is 10.3 Å². The van der Waals surface area contributed by atoms with Crippen LogP contribution in [0.15, 0.2) is 23.2 Å². The van der Waals surface area contributed by atoms with Crippen molar-refractivity contribution in [1.82, 2.24) is 10.2 Å². The van der Waals surface area contributed by atoms with E-state index in [0.29, 0.717) is 11.5 Å². The van der Waals surface area contributed by atoms with Crippen molar-refractivity contribution in [2.45, 2.75) is 13.8 Å². The predicted molar refractivity (Wildman–Crippen MR) is 70.4 cm³/mol. The molecule has 0 aliphatic heterocycles. The van der Waals surface area contributed by atoms with Gasteiger partial charge in [0, 0.05) is 26.7 Å². The second kappa shape index (κ2) is 5.48. The van der Waals surface area contributed by atoms with E-state index < -0.39 is 0 Å². The fourth-order valence-corrected chi connectivity index (χ4v) is 1.42. The van der Waals surface area contributed by atoms with Gasteiger partial charge >= 0.3 is 0 Å². The maximum atomic E-state index is 12.0. The summed E-state index contributed by atoms with van der Waals surface area (Å²) in [6.07, 6.45) is 0. The lowest BCUT2D eigenvalue weighted by molar-refractivity contribution is 0.0973. The lowest BCUT2D eigenvalue weighted by atomic mass is 10.1. The van der Waals surface area contributed by atoms with Crippen LogP contribution in [0.2, 0.25) is 0 Å². The number of aryl methyl sites for hydroxylation is 2. The Kier molecular flexibility index (Phi) is 4.26. The number of amides is 1. The molecule has 0 saturated heterocycles. The summed E-state index contributed by atoms with van der Waals surface area (Å²) >= 11 is 0. The molecule has 0 saturated carbocycles. The molecule has 1 N–H and O–H groups in total. The van der Waals surface area contributed by atoms with Crippen LogP contribution in [-0.4, -0.2) is 37.9 Å². The van der Waals surface area contributed by atoms with Gasteiger partial charge in [0.2, 0.25) is 0 Å². The van der Waals surface area contributed by atoms with Crippen molar-refractivity contribution in [2.24, 2.45) is 4.99 Å². The van der Waals surface area contributed by atoms with Gasteiger partial charge < -0.3 is 4.90 Å². The maximum absolute atomic E-state index is 12.0. The van der Waals surface area contributed by atoms with Gasteiger partial charge in [0.1, 0.15) is 0 Å². The smallest absolute Gasteiger partial charge is 0.257 e. The van der Waals surface area contributed by atoms with Gasteiger partial charge in [0.25, 0.3) is 5.91 Å². The predicted octanol–water partition coefficient (Wildman–Crippen LogP) is 1.58. The van der Waals surface area contributed by atoms with Gasteiger partial charge in [0.15, 0.2) is 5.96 Å². The molecule has 92 valence electrons. The lowest BCUT2D eigenvalue weighted by Crippen LogP contribution is -2.40. The Morgan fingerprint density at radius 1 is 1.24 bits per heavy atom. The standard InChI is InChI=1S/C13H19N3O/c1-9-6-7-11(8-10(9)2)12(17)15-13(14-3)16(4)5/h6-8H,1-5H3,(H,14,15,17). The SMILES string of the molecule is CN=C(NC(=O)c1ccc(C)c(C)c1)N(C)C. The summed E-state index contributed by atoms with van der Waals surface area (Å²) in [6, 6.07) is 5.65. The van der Waals surface area contributed by atoms with Crippen LogP contribution in [0.1, 0.15) is 21.5 Å². The molecular weight excluding hydrogens is 214 g/mol. The maximum Gasteiger partial charge on any atom is 0.257 e. The first-order valence-corrected chi connectivity index (χ1v) is 5.48. The summed E-state index contributed by atoms with van der Waals surface area (Å²) < 4.78 is 0. The summed E-state index contributed by atoms with van der Waals surface area (Å²) in [7, 11) is 5.32. The lowest BCUT2D eigenvalue weighted by Gasteiger charge is -2.16. The number of carbonyl (C=O) groups is 1. The Hall–Kier alpha value is -1.84. The van der Waals surface area contributed by atoms with E-state index in [1.54, 1.807) is 11.9 Å². The number of guanidine groups is 1. The third-order valence-electron chi connectivity index (χ3n) is 2.63. The van der Waals surface area contributed by atoms with Crippen LogP contribution in [0.4, 0.5) is 0 Å². The molecule has 0 aliphatic rings. The summed E-state index contributed by atoms with van der Waals surface area (Å²) in [4.78, 5) is 17.7. The molecule has 0 aromatic heterocycles. The number of nitrogens with one attached hydrogen (secondary N) is 1. The van der Waals surface area contributed by atoms with Gasteiger partial charge in [-0.15, -0.1) is 0 Å². The van der Waals surface area contributed by atoms with Gasteiger partial charge in [-0.3, -0.25) is 15.1 Å². The average Bonchev–Trinajstić information content (AvgIpc) is 2.28. The van der Waals surface area contributed by atoms with Crippen LogP contribution in [-0.2, 0) is 0 Å². The first kappa shape index (κ1) is 13.2. The fraction of sp³-hybridized carbons (Fsp3) is 0.385. The van der Waals surface area contributed by atoms with Crippen LogP contribution < -0.4 is 5.32 Å². The summed E-state index contributed by atoms with van der Waals surface area (Å²) in [5, 5.41) is 2.77. The van der Waals surface area contributed by atoms with Crippen LogP contribution in [0.3, 0.4) is 0 Å². The zero-order valence-electron chi connectivity index (χ0n) is 11.0. The second-order valence-electron chi connectivity index (χ2n) is 4.19. The van der Waals surface area contributed by atoms with Crippen molar-refractivity contribution in [3.8, 4) is 0 Å². The Labute approximate surface area is 102 Å². The first-order chi connectivity index (χ1) is 7.95. The first-order valence-electron chi connectivity index (χ1n) is 5.48. The molecule has 1 aromatic carbocycles. The van der Waals surface area contributed by atoms with Crippen LogP contribution in [0.25, 0.3) is 0 Å². The minimum Gasteiger partial charge on any atom is -0.349 e. The number of benzene rings is 1. The average molecular weight is 233 g/mol. The molecule has 17 heavy (non-hydrogen) atoms. The molecule has 4 nitrogen and oxygen atoms in total. The molecule has 0 aliphatic carbocycles. The van der Waals surface area contributed by atoms with Gasteiger partial charge in [-0.25, -0.2) is 0 Å². The molecule has 1 amide bonds. The highest BCUT2D eigenvalue weighted by Gasteiger charge is 2.10. The van der Waals surface area contributed by atoms with E-state index in [1.165, 1.54) is 5.56 Å². The Morgan fingerprint density at radius 3 is 2.35 bits per heavy atom. The molecule has 0 unspecified atom stereocenters. The van der Waals surface area contributed by atoms with Gasteiger partial charge in [0.05, 0.1) is 0 Å². The molecule has 0 atom stereocenters. The quantitative estimate of drug-likeness (QED) is 0.591. The monoisotopic (exact) mass is 233 g/mol. The largest absolute Gasteiger partial charge is 0.349 e. The Balaban J connectivity index is 2.87. The molecule has 0 heterocycles. The normalized spacial score (nSPS) is 11.2. The highest BCUT2D eigenvalue weighted by atomic mass is 16.1. The van der Waals surface area contributed by atoms with Crippen LogP contribution >= 0.6 is 0 Å². The third-order valence-corrected chi connectivity index (χ3v) is 2.63. The molecular formula is C13H19N3O. The molecule has 0 spiro atoms. The van der Waals surface area contributed by atoms with Crippen molar-refractivity contribution in [3.63, 3.8) is 0 Å². The molecule has 1 rings (SSSR count). The number of rotatable bonds is 1. The molecule has 4 heteroatoms. The molecule has 0 bridgehead atoms. The van der Waals surface area contributed by atoms with E-state index in [0.717, 1.165) is 5.56 Å². The van der Waals surface area contributed by atoms with Crippen LogP contribution in [0, 0.1) is 13.8 Å². The Bertz CT molecular complexity index is 450. The van der Waals surface area contributed by atoms with E-state index in [1.807, 2.05) is 46.1 Å². The second-order valence-corrected chi connectivity index (χ2v) is 4.19. The number of carbonyl (C=O) groups excluding carboxylic acids is 1. The molecule has 0 radical (unpaired) electrons. The van der Waals surface area contributed by atoms with Crippen LogP contribution in [0.5, 0.6) is 0 Å². The topological polar surface area (TPSA) is 44.7 Å². The minimum absolute atomic E-state index is 0.137. The third kappa shape index (κ3) is 3.31. The van der Waals surface area contributed by atoms with Gasteiger partial charge in [-0.2, -0.15) is 0 Å². The van der Waals surface area contributed by atoms with E-state index >= 15 is 0 Å². The Morgan fingerprint density at radius 2 is 1.88 bits per heavy atom. The fourth-order valence-electron chi connectivity index (χ4n) is 1.42. The number of nitrogens with zero attached hydrogens (tertiary/aromatic N) is 2. The van der Waals surface area contributed by atoms with E-state index in [9.17, 15) is 4.79 Å².